The van der Waals surface area contributed by atoms with Crippen LogP contribution in [0.1, 0.15) is 13.3 Å². The molecule has 1 N–H and O–H groups in total. The normalized spacial score (nSPS) is 17.6. The van der Waals surface area contributed by atoms with E-state index >= 15 is 0 Å². The van der Waals surface area contributed by atoms with Crippen molar-refractivity contribution in [2.24, 2.45) is 5.92 Å². The Kier molecular flexibility index (Phi) is 5.49. The van der Waals surface area contributed by atoms with Gasteiger partial charge in [-0.1, -0.05) is 55.5 Å². The Morgan fingerprint density at radius 1 is 1.17 bits per heavy atom. The second-order valence-corrected chi connectivity index (χ2v) is 6.18. The molecule has 4 nitrogen and oxygen atoms in total. The maximum absolute atomic E-state index is 12.2. The number of anilines is 1. The standard InChI is InChI=1S/C20H24N2O2/c1-2-22-13-12-16(14-22)15-24-20(23)21-19-11-7-6-10-18(19)17-8-4-3-5-9-17/h3-11,16H,2,12-15H2,1H3,(H,21,23)/t16-/m0/s1. The molecule has 1 amide bonds. The molecular weight excluding hydrogens is 300 g/mol. The van der Waals surface area contributed by atoms with Crippen molar-refractivity contribution in [3.05, 3.63) is 54.6 Å². The van der Waals surface area contributed by atoms with E-state index in [4.69, 9.17) is 4.74 Å². The van der Waals surface area contributed by atoms with Crippen molar-refractivity contribution in [3.63, 3.8) is 0 Å². The van der Waals surface area contributed by atoms with Crippen LogP contribution in [0.5, 0.6) is 0 Å². The Hall–Kier alpha value is -2.33. The van der Waals surface area contributed by atoms with Gasteiger partial charge in [0.1, 0.15) is 0 Å². The average molecular weight is 324 g/mol. The van der Waals surface area contributed by atoms with Crippen LogP contribution in [0.3, 0.4) is 0 Å². The van der Waals surface area contributed by atoms with E-state index in [1.807, 2.05) is 54.6 Å². The fourth-order valence-electron chi connectivity index (χ4n) is 3.14. The number of amides is 1. The second kappa shape index (κ2) is 7.97. The number of nitrogens with one attached hydrogen (secondary N) is 1. The Bertz CT molecular complexity index is 672. The van der Waals surface area contributed by atoms with E-state index < -0.39 is 0 Å². The average Bonchev–Trinajstić information content (AvgIpc) is 3.09. The summed E-state index contributed by atoms with van der Waals surface area (Å²) in [6.07, 6.45) is 0.718. The van der Waals surface area contributed by atoms with Crippen LogP contribution >= 0.6 is 0 Å². The minimum atomic E-state index is -0.381. The van der Waals surface area contributed by atoms with Gasteiger partial charge in [0.2, 0.25) is 0 Å². The lowest BCUT2D eigenvalue weighted by atomic mass is 10.0. The number of benzene rings is 2. The number of nitrogens with zero attached hydrogens (tertiary/aromatic N) is 1. The Balaban J connectivity index is 1.59. The van der Waals surface area contributed by atoms with Crippen LogP contribution in [0.2, 0.25) is 0 Å². The maximum atomic E-state index is 12.2. The summed E-state index contributed by atoms with van der Waals surface area (Å²) in [5.41, 5.74) is 2.84. The Morgan fingerprint density at radius 2 is 1.92 bits per heavy atom. The largest absolute Gasteiger partial charge is 0.449 e. The van der Waals surface area contributed by atoms with Gasteiger partial charge in [0.15, 0.2) is 0 Å². The fraction of sp³-hybridized carbons (Fsp3) is 0.350. The molecule has 4 heteroatoms. The zero-order valence-electron chi connectivity index (χ0n) is 14.1. The first kappa shape index (κ1) is 16.5. The summed E-state index contributed by atoms with van der Waals surface area (Å²) in [5, 5.41) is 2.88. The molecule has 0 bridgehead atoms. The zero-order chi connectivity index (χ0) is 16.8. The quantitative estimate of drug-likeness (QED) is 0.894. The van der Waals surface area contributed by atoms with E-state index in [0.717, 1.165) is 42.9 Å². The van der Waals surface area contributed by atoms with Crippen LogP contribution in [-0.4, -0.2) is 37.2 Å². The molecule has 0 unspecified atom stereocenters. The van der Waals surface area contributed by atoms with Crippen molar-refractivity contribution < 1.29 is 9.53 Å². The highest BCUT2D eigenvalue weighted by molar-refractivity contribution is 5.91. The Labute approximate surface area is 143 Å². The zero-order valence-corrected chi connectivity index (χ0v) is 14.1. The minimum absolute atomic E-state index is 0.381. The number of carbonyl (C=O) groups is 1. The van der Waals surface area contributed by atoms with Crippen LogP contribution in [0.4, 0.5) is 10.5 Å². The van der Waals surface area contributed by atoms with Crippen LogP contribution in [0.25, 0.3) is 11.1 Å². The minimum Gasteiger partial charge on any atom is -0.449 e. The number of likely N-dealkylation sites (tertiary alicyclic amines) is 1. The molecule has 3 rings (SSSR count). The molecule has 1 fully saturated rings. The van der Waals surface area contributed by atoms with Crippen molar-refractivity contribution in [1.82, 2.24) is 4.90 Å². The van der Waals surface area contributed by atoms with E-state index in [9.17, 15) is 4.79 Å². The first-order valence-corrected chi connectivity index (χ1v) is 8.57. The monoisotopic (exact) mass is 324 g/mol. The van der Waals surface area contributed by atoms with E-state index in [0.29, 0.717) is 12.5 Å². The maximum Gasteiger partial charge on any atom is 0.411 e. The van der Waals surface area contributed by atoms with Gasteiger partial charge in [0.05, 0.1) is 12.3 Å². The number of carbonyl (C=O) groups excluding carboxylic acids is 1. The van der Waals surface area contributed by atoms with Crippen molar-refractivity contribution in [2.45, 2.75) is 13.3 Å². The van der Waals surface area contributed by atoms with Gasteiger partial charge in [-0.2, -0.15) is 0 Å². The van der Waals surface area contributed by atoms with Gasteiger partial charge < -0.3 is 9.64 Å². The number of hydrogen-bond donors (Lipinski definition) is 1. The van der Waals surface area contributed by atoms with Gasteiger partial charge in [-0.3, -0.25) is 5.32 Å². The number of ether oxygens (including phenoxy) is 1. The summed E-state index contributed by atoms with van der Waals surface area (Å²) in [5.74, 6) is 0.445. The molecule has 0 aliphatic carbocycles. The van der Waals surface area contributed by atoms with Crippen LogP contribution in [0, 0.1) is 5.92 Å². The predicted octanol–water partition coefficient (Wildman–Crippen LogP) is 4.24. The summed E-state index contributed by atoms with van der Waals surface area (Å²) in [6.45, 7) is 5.83. The van der Waals surface area contributed by atoms with Crippen molar-refractivity contribution in [1.29, 1.82) is 0 Å². The highest BCUT2D eigenvalue weighted by Gasteiger charge is 2.22. The van der Waals surface area contributed by atoms with Crippen LogP contribution in [-0.2, 0) is 4.74 Å². The second-order valence-electron chi connectivity index (χ2n) is 6.18. The van der Waals surface area contributed by atoms with Crippen molar-refractivity contribution in [3.8, 4) is 11.1 Å². The number of rotatable bonds is 5. The first-order valence-electron chi connectivity index (χ1n) is 8.57. The van der Waals surface area contributed by atoms with Crippen molar-refractivity contribution in [2.75, 3.05) is 31.6 Å². The van der Waals surface area contributed by atoms with Crippen molar-refractivity contribution >= 4 is 11.8 Å². The topological polar surface area (TPSA) is 41.6 Å². The van der Waals surface area contributed by atoms with Gasteiger partial charge >= 0.3 is 6.09 Å². The Morgan fingerprint density at radius 3 is 2.67 bits per heavy atom. The molecule has 2 aromatic rings. The first-order chi connectivity index (χ1) is 11.8. The van der Waals surface area contributed by atoms with E-state index in [1.165, 1.54) is 0 Å². The van der Waals surface area contributed by atoms with Gasteiger partial charge in [0, 0.05) is 18.0 Å². The molecule has 2 aromatic carbocycles. The number of para-hydroxylation sites is 1. The molecule has 126 valence electrons. The predicted molar refractivity (Wildman–Crippen MR) is 97.1 cm³/mol. The van der Waals surface area contributed by atoms with E-state index in [2.05, 4.69) is 17.1 Å². The molecule has 0 saturated carbocycles. The van der Waals surface area contributed by atoms with E-state index in [-0.39, 0.29) is 6.09 Å². The third-order valence-corrected chi connectivity index (χ3v) is 4.52. The van der Waals surface area contributed by atoms with E-state index in [1.54, 1.807) is 0 Å². The summed E-state index contributed by atoms with van der Waals surface area (Å²) >= 11 is 0. The molecule has 0 spiro atoms. The molecule has 1 atom stereocenters. The summed E-state index contributed by atoms with van der Waals surface area (Å²) < 4.78 is 5.44. The lowest BCUT2D eigenvalue weighted by Crippen LogP contribution is -2.23. The summed E-state index contributed by atoms with van der Waals surface area (Å²) in [6, 6.07) is 17.8. The number of hydrogen-bond acceptors (Lipinski definition) is 3. The summed E-state index contributed by atoms with van der Waals surface area (Å²) in [4.78, 5) is 14.5. The molecule has 1 aliphatic heterocycles. The van der Waals surface area contributed by atoms with Gasteiger partial charge in [-0.25, -0.2) is 4.79 Å². The molecule has 1 heterocycles. The SMILES string of the molecule is CCN1CC[C@H](COC(=O)Nc2ccccc2-c2ccccc2)C1. The molecule has 0 radical (unpaired) electrons. The molecule has 0 aromatic heterocycles. The van der Waals surface area contributed by atoms with Crippen LogP contribution < -0.4 is 5.32 Å². The van der Waals surface area contributed by atoms with Gasteiger partial charge in [-0.15, -0.1) is 0 Å². The fourth-order valence-corrected chi connectivity index (χ4v) is 3.14. The third kappa shape index (κ3) is 4.15. The van der Waals surface area contributed by atoms with Crippen LogP contribution in [0.15, 0.2) is 54.6 Å². The lowest BCUT2D eigenvalue weighted by Gasteiger charge is -2.15. The lowest BCUT2D eigenvalue weighted by molar-refractivity contribution is 0.141. The molecule has 1 aliphatic rings. The highest BCUT2D eigenvalue weighted by atomic mass is 16.5. The molecule has 24 heavy (non-hydrogen) atoms. The van der Waals surface area contributed by atoms with Gasteiger partial charge in [-0.05, 0) is 31.1 Å². The molecule has 1 saturated heterocycles. The molecular formula is C20H24N2O2. The van der Waals surface area contributed by atoms with Gasteiger partial charge in [0.25, 0.3) is 0 Å². The smallest absolute Gasteiger partial charge is 0.411 e. The summed E-state index contributed by atoms with van der Waals surface area (Å²) in [7, 11) is 0. The highest BCUT2D eigenvalue weighted by Crippen LogP contribution is 2.27. The third-order valence-electron chi connectivity index (χ3n) is 4.52.